The fourth-order valence-electron chi connectivity index (χ4n) is 0.798. The van der Waals surface area contributed by atoms with Crippen molar-refractivity contribution in [2.24, 2.45) is 0 Å². The van der Waals surface area contributed by atoms with Gasteiger partial charge in [-0.2, -0.15) is 0 Å². The summed E-state index contributed by atoms with van der Waals surface area (Å²) in [6, 6.07) is 0. The molecule has 1 heteroatoms. The van der Waals surface area contributed by atoms with Gasteiger partial charge in [-0.05, 0) is 0 Å². The molecule has 0 nitrogen and oxygen atoms in total. The molecule has 1 rings (SSSR count). The van der Waals surface area contributed by atoms with E-state index in [0.717, 1.165) is 0 Å². The van der Waals surface area contributed by atoms with Gasteiger partial charge in [0.15, 0.2) is 0 Å². The van der Waals surface area contributed by atoms with Crippen molar-refractivity contribution in [3.05, 3.63) is 45.8 Å². The van der Waals surface area contributed by atoms with E-state index in [0.29, 0.717) is 15.2 Å². The van der Waals surface area contributed by atoms with Crippen LogP contribution >= 0.6 is 0 Å². The molecule has 0 spiro atoms. The quantitative estimate of drug-likeness (QED) is 0.591. The van der Waals surface area contributed by atoms with E-state index in [9.17, 15) is 0 Å². The number of allylic oxidation sites excluding steroid dienone is 7. The monoisotopic (exact) mass is 184 g/mol. The summed E-state index contributed by atoms with van der Waals surface area (Å²) in [7, 11) is 0. The maximum atomic E-state index is 2.26. The predicted molar refractivity (Wildman–Crippen MR) is 45.8 cm³/mol. The number of rotatable bonds is 3. The van der Waals surface area contributed by atoms with Crippen LogP contribution < -0.4 is 0 Å². The minimum atomic E-state index is 0.572. The molecule has 11 heavy (non-hydrogen) atoms. The van der Waals surface area contributed by atoms with Crippen LogP contribution in [-0.2, 0) is 15.2 Å². The van der Waals surface area contributed by atoms with Gasteiger partial charge >= 0.3 is 74.4 Å². The van der Waals surface area contributed by atoms with Crippen LogP contribution in [0.3, 0.4) is 0 Å². The Morgan fingerprint density at radius 3 is 3.00 bits per heavy atom. The van der Waals surface area contributed by atoms with Gasteiger partial charge in [-0.15, -0.1) is 0 Å². The SMILES string of the molecule is C/C=C/C=[CH]/[Cr][C]1=CC=CC1. The first-order valence-electron chi connectivity index (χ1n) is 3.73. The van der Waals surface area contributed by atoms with E-state index in [1.165, 1.54) is 6.42 Å². The first-order chi connectivity index (χ1) is 5.43. The summed E-state index contributed by atoms with van der Waals surface area (Å²) in [5, 5.41) is 0. The van der Waals surface area contributed by atoms with E-state index >= 15 is 0 Å². The van der Waals surface area contributed by atoms with Crippen LogP contribution in [0, 0.1) is 0 Å². The fourth-order valence-corrected chi connectivity index (χ4v) is 1.88. The molecule has 1 aliphatic carbocycles. The molecule has 1 aliphatic rings. The normalized spacial score (nSPS) is 17.0. The Kier molecular flexibility index (Phi) is 4.05. The minimum absolute atomic E-state index is 0.572. The Labute approximate surface area is 74.7 Å². The van der Waals surface area contributed by atoms with Gasteiger partial charge in [-0.1, -0.05) is 0 Å². The summed E-state index contributed by atoms with van der Waals surface area (Å²) >= 11 is 0.572. The molecule has 0 amide bonds. The third kappa shape index (κ3) is 3.41. The van der Waals surface area contributed by atoms with Gasteiger partial charge in [0.1, 0.15) is 0 Å². The van der Waals surface area contributed by atoms with Gasteiger partial charge in [0, 0.05) is 0 Å². The number of hydrogen-bond acceptors (Lipinski definition) is 0. The molecule has 0 N–H and O–H groups in total. The summed E-state index contributed by atoms with van der Waals surface area (Å²) in [5.74, 6) is 0. The first kappa shape index (κ1) is 8.59. The zero-order chi connectivity index (χ0) is 7.94. The van der Waals surface area contributed by atoms with Crippen molar-refractivity contribution < 1.29 is 15.2 Å². The Hall–Kier alpha value is -0.508. The molecule has 0 aliphatic heterocycles. The first-order valence-corrected chi connectivity index (χ1v) is 5.11. The van der Waals surface area contributed by atoms with Crippen LogP contribution in [0.1, 0.15) is 13.3 Å². The van der Waals surface area contributed by atoms with Crippen LogP contribution in [0.5, 0.6) is 0 Å². The molecule has 0 unspecified atom stereocenters. The molecule has 0 aromatic heterocycles. The Morgan fingerprint density at radius 1 is 1.45 bits per heavy atom. The second kappa shape index (κ2) is 5.18. The van der Waals surface area contributed by atoms with Crippen LogP contribution in [0.4, 0.5) is 0 Å². The van der Waals surface area contributed by atoms with Crippen molar-refractivity contribution in [3.63, 3.8) is 0 Å². The van der Waals surface area contributed by atoms with E-state index in [1.54, 1.807) is 4.44 Å². The molecule has 0 saturated carbocycles. The van der Waals surface area contributed by atoms with Crippen molar-refractivity contribution in [1.29, 1.82) is 0 Å². The predicted octanol–water partition coefficient (Wildman–Crippen LogP) is 3.00. The second-order valence-corrected chi connectivity index (χ2v) is 3.85. The van der Waals surface area contributed by atoms with E-state index in [1.807, 2.05) is 13.0 Å². The Balaban J connectivity index is 2.22. The Morgan fingerprint density at radius 2 is 2.36 bits per heavy atom. The summed E-state index contributed by atoms with van der Waals surface area (Å²) in [6.07, 6.45) is 14.0. The zero-order valence-corrected chi connectivity index (χ0v) is 7.93. The maximum absolute atomic E-state index is 2.26. The molecule has 0 atom stereocenters. The summed E-state index contributed by atoms with van der Waals surface area (Å²) < 4.78 is 1.57. The molecule has 0 aromatic rings. The van der Waals surface area contributed by atoms with Gasteiger partial charge in [-0.25, -0.2) is 0 Å². The molecule has 0 fully saturated rings. The van der Waals surface area contributed by atoms with Crippen molar-refractivity contribution in [2.45, 2.75) is 13.3 Å². The van der Waals surface area contributed by atoms with Gasteiger partial charge in [0.2, 0.25) is 0 Å². The summed E-state index contributed by atoms with van der Waals surface area (Å²) in [6.45, 7) is 2.04. The average molecular weight is 184 g/mol. The molecular formula is C10H12Cr. The average Bonchev–Trinajstić information content (AvgIpc) is 2.50. The molecule has 0 radical (unpaired) electrons. The fraction of sp³-hybridized carbons (Fsp3) is 0.200. The van der Waals surface area contributed by atoms with Crippen molar-refractivity contribution in [1.82, 2.24) is 0 Å². The molecule has 0 heterocycles. The van der Waals surface area contributed by atoms with Gasteiger partial charge in [0.25, 0.3) is 0 Å². The zero-order valence-electron chi connectivity index (χ0n) is 6.66. The standard InChI is InChI=1S/C5H5.C5H7.Cr/c1-2-4-5-3-1;1-3-5-4-2;/h1-3H,4H2;1,3-5H,2H3;/b;3-1?,5-4+;. The number of hydrogen-bond donors (Lipinski definition) is 0. The van der Waals surface area contributed by atoms with Crippen LogP contribution in [0.25, 0.3) is 0 Å². The van der Waals surface area contributed by atoms with Gasteiger partial charge in [0.05, 0.1) is 0 Å². The topological polar surface area (TPSA) is 0 Å². The molecule has 58 valence electrons. The van der Waals surface area contributed by atoms with Crippen molar-refractivity contribution >= 4 is 0 Å². The second-order valence-electron chi connectivity index (χ2n) is 2.24. The third-order valence-corrected chi connectivity index (χ3v) is 2.74. The Bertz CT molecular complexity index is 219. The molecule has 0 aromatic carbocycles. The van der Waals surface area contributed by atoms with E-state index in [4.69, 9.17) is 0 Å². The van der Waals surface area contributed by atoms with E-state index in [2.05, 4.69) is 35.3 Å². The van der Waals surface area contributed by atoms with Crippen LogP contribution in [0.2, 0.25) is 0 Å². The van der Waals surface area contributed by atoms with E-state index in [-0.39, 0.29) is 0 Å². The van der Waals surface area contributed by atoms with Crippen LogP contribution in [0.15, 0.2) is 45.8 Å². The molecule has 0 saturated heterocycles. The van der Waals surface area contributed by atoms with E-state index < -0.39 is 0 Å². The summed E-state index contributed by atoms with van der Waals surface area (Å²) in [5.41, 5.74) is 0. The van der Waals surface area contributed by atoms with Gasteiger partial charge in [-0.3, -0.25) is 0 Å². The van der Waals surface area contributed by atoms with Crippen LogP contribution in [-0.4, -0.2) is 0 Å². The molecular weight excluding hydrogens is 172 g/mol. The van der Waals surface area contributed by atoms with Crippen molar-refractivity contribution in [3.8, 4) is 0 Å². The molecule has 0 bridgehead atoms. The van der Waals surface area contributed by atoms with Gasteiger partial charge < -0.3 is 0 Å². The summed E-state index contributed by atoms with van der Waals surface area (Å²) in [4.78, 5) is 2.26. The van der Waals surface area contributed by atoms with Crippen molar-refractivity contribution in [2.75, 3.05) is 0 Å². The third-order valence-electron chi connectivity index (χ3n) is 1.34.